The Morgan fingerprint density at radius 2 is 1.85 bits per heavy atom. The normalized spacial score (nSPS) is 16.4. The summed E-state index contributed by atoms with van der Waals surface area (Å²) in [4.78, 5) is 24.7. The molecule has 0 atom stereocenters. The number of hydrogen-bond acceptors (Lipinski definition) is 8. The Kier molecular flexibility index (Phi) is 6.42. The molecule has 146 valence electrons. The molecule has 10 nitrogen and oxygen atoms in total. The summed E-state index contributed by atoms with van der Waals surface area (Å²) < 4.78 is 31.5. The molecule has 0 unspecified atom stereocenters. The van der Waals surface area contributed by atoms with Gasteiger partial charge in [-0.2, -0.15) is 4.31 Å². The van der Waals surface area contributed by atoms with Crippen LogP contribution in [0.5, 0.6) is 0 Å². The summed E-state index contributed by atoms with van der Waals surface area (Å²) in [5.41, 5.74) is -0.614. The van der Waals surface area contributed by atoms with Crippen LogP contribution in [-0.2, 0) is 19.6 Å². The summed E-state index contributed by atoms with van der Waals surface area (Å²) in [6.07, 6.45) is -0.475. The zero-order valence-electron chi connectivity index (χ0n) is 14.6. The van der Waals surface area contributed by atoms with Crippen LogP contribution in [0.2, 0.25) is 0 Å². The highest BCUT2D eigenvalue weighted by Crippen LogP contribution is 2.24. The minimum absolute atomic E-state index is 0.0571. The third-order valence-electron chi connectivity index (χ3n) is 3.23. The van der Waals surface area contributed by atoms with Crippen molar-refractivity contribution in [3.63, 3.8) is 0 Å². The fourth-order valence-corrected chi connectivity index (χ4v) is 4.61. The van der Waals surface area contributed by atoms with Crippen molar-refractivity contribution >= 4 is 50.1 Å². The maximum absolute atomic E-state index is 12.6. The Morgan fingerprint density at radius 1 is 1.23 bits per heavy atom. The molecular formula is C13H20ClN5O5S2. The number of amides is 2. The Balaban J connectivity index is 1.99. The van der Waals surface area contributed by atoms with Gasteiger partial charge in [-0.25, -0.2) is 13.2 Å². The summed E-state index contributed by atoms with van der Waals surface area (Å²) in [6, 6.07) is 0. The lowest BCUT2D eigenvalue weighted by Crippen LogP contribution is -2.51. The topological polar surface area (TPSA) is 122 Å². The van der Waals surface area contributed by atoms with Crippen LogP contribution in [-0.4, -0.2) is 77.5 Å². The molecule has 1 aromatic rings. The number of nitrogens with one attached hydrogen (secondary N) is 1. The zero-order valence-corrected chi connectivity index (χ0v) is 16.9. The number of ether oxygens (including phenoxy) is 1. The molecule has 2 amide bonds. The van der Waals surface area contributed by atoms with Crippen molar-refractivity contribution in [3.05, 3.63) is 0 Å². The van der Waals surface area contributed by atoms with E-state index in [0.717, 1.165) is 11.3 Å². The fraction of sp³-hybridized carbons (Fsp3) is 0.692. The van der Waals surface area contributed by atoms with E-state index >= 15 is 0 Å². The number of halogens is 1. The fourth-order valence-electron chi connectivity index (χ4n) is 2.07. The SMILES string of the molecule is CC(C)(C)OC(=O)N1CCN(S(=O)(=O)c2nnc(NC(=O)CCl)s2)CC1. The lowest BCUT2D eigenvalue weighted by atomic mass is 10.2. The summed E-state index contributed by atoms with van der Waals surface area (Å²) in [7, 11) is -3.85. The minimum Gasteiger partial charge on any atom is -0.444 e. The second-order valence-corrected chi connectivity index (χ2v) is 9.78. The van der Waals surface area contributed by atoms with Crippen LogP contribution < -0.4 is 5.32 Å². The molecular weight excluding hydrogens is 406 g/mol. The molecule has 0 aromatic carbocycles. The second-order valence-electron chi connectivity index (χ2n) is 6.43. The first-order valence-corrected chi connectivity index (χ1v) is 10.5. The first-order chi connectivity index (χ1) is 12.0. The van der Waals surface area contributed by atoms with Crippen LogP contribution in [0.1, 0.15) is 20.8 Å². The average molecular weight is 426 g/mol. The minimum atomic E-state index is -3.85. The first kappa shape index (κ1) is 20.8. The molecule has 1 fully saturated rings. The van der Waals surface area contributed by atoms with Gasteiger partial charge >= 0.3 is 6.09 Å². The molecule has 26 heavy (non-hydrogen) atoms. The largest absolute Gasteiger partial charge is 0.444 e. The molecule has 1 aliphatic rings. The van der Waals surface area contributed by atoms with Gasteiger partial charge in [0.05, 0.1) is 0 Å². The zero-order chi connectivity index (χ0) is 19.5. The van der Waals surface area contributed by atoms with Gasteiger partial charge in [0, 0.05) is 26.2 Å². The van der Waals surface area contributed by atoms with Gasteiger partial charge in [0.2, 0.25) is 15.4 Å². The van der Waals surface area contributed by atoms with Crippen molar-refractivity contribution < 1.29 is 22.7 Å². The van der Waals surface area contributed by atoms with Crippen molar-refractivity contribution in [2.45, 2.75) is 30.7 Å². The number of nitrogens with zero attached hydrogens (tertiary/aromatic N) is 4. The summed E-state index contributed by atoms with van der Waals surface area (Å²) in [6.45, 7) is 5.95. The van der Waals surface area contributed by atoms with E-state index in [1.807, 2.05) is 0 Å². The van der Waals surface area contributed by atoms with Gasteiger partial charge in [0.1, 0.15) is 11.5 Å². The molecule has 1 N–H and O–H groups in total. The van der Waals surface area contributed by atoms with Gasteiger partial charge in [-0.1, -0.05) is 11.3 Å². The van der Waals surface area contributed by atoms with E-state index in [9.17, 15) is 18.0 Å². The molecule has 0 radical (unpaired) electrons. The number of hydrogen-bond donors (Lipinski definition) is 1. The third-order valence-corrected chi connectivity index (χ3v) is 6.55. The van der Waals surface area contributed by atoms with Gasteiger partial charge in [0.25, 0.3) is 10.0 Å². The molecule has 0 aliphatic carbocycles. The van der Waals surface area contributed by atoms with Gasteiger partial charge in [0.15, 0.2) is 0 Å². The molecule has 1 aliphatic heterocycles. The highest BCUT2D eigenvalue weighted by Gasteiger charge is 2.34. The Hall–Kier alpha value is -1.50. The Morgan fingerprint density at radius 3 is 2.38 bits per heavy atom. The number of rotatable bonds is 4. The monoisotopic (exact) mass is 425 g/mol. The first-order valence-electron chi connectivity index (χ1n) is 7.70. The maximum Gasteiger partial charge on any atom is 0.410 e. The van der Waals surface area contributed by atoms with E-state index in [-0.39, 0.29) is 41.5 Å². The number of carbonyl (C=O) groups is 2. The summed E-state index contributed by atoms with van der Waals surface area (Å²) in [5, 5.41) is 9.67. The summed E-state index contributed by atoms with van der Waals surface area (Å²) in [5.74, 6) is -0.772. The van der Waals surface area contributed by atoms with E-state index in [2.05, 4.69) is 15.5 Å². The van der Waals surface area contributed by atoms with E-state index in [1.165, 1.54) is 9.21 Å². The molecule has 0 saturated carbocycles. The molecule has 1 aromatic heterocycles. The summed E-state index contributed by atoms with van der Waals surface area (Å²) >= 11 is 6.12. The number of carbonyl (C=O) groups excluding carboxylic acids is 2. The predicted molar refractivity (Wildman–Crippen MR) is 95.8 cm³/mol. The van der Waals surface area contributed by atoms with E-state index in [4.69, 9.17) is 16.3 Å². The van der Waals surface area contributed by atoms with E-state index < -0.39 is 27.6 Å². The lowest BCUT2D eigenvalue weighted by molar-refractivity contribution is -0.113. The maximum atomic E-state index is 12.6. The predicted octanol–water partition coefficient (Wildman–Crippen LogP) is 0.957. The van der Waals surface area contributed by atoms with Crippen LogP contribution in [0.15, 0.2) is 4.34 Å². The van der Waals surface area contributed by atoms with Crippen LogP contribution in [0.25, 0.3) is 0 Å². The standard InChI is InChI=1S/C13H20ClN5O5S2/c1-13(2,3)24-12(21)18-4-6-19(7-5-18)26(22,23)11-17-16-10(25-11)15-9(20)8-14/h4-8H2,1-3H3,(H,15,16,20). The second kappa shape index (κ2) is 8.03. The molecule has 0 spiro atoms. The molecule has 2 rings (SSSR count). The number of alkyl halides is 1. The number of piperazine rings is 1. The van der Waals surface area contributed by atoms with Crippen LogP contribution >= 0.6 is 22.9 Å². The van der Waals surface area contributed by atoms with Crippen molar-refractivity contribution in [2.75, 3.05) is 37.4 Å². The van der Waals surface area contributed by atoms with Crippen molar-refractivity contribution in [1.29, 1.82) is 0 Å². The van der Waals surface area contributed by atoms with Gasteiger partial charge in [-0.15, -0.1) is 21.8 Å². The highest BCUT2D eigenvalue weighted by atomic mass is 35.5. The van der Waals surface area contributed by atoms with Crippen molar-refractivity contribution in [3.8, 4) is 0 Å². The molecule has 1 saturated heterocycles. The average Bonchev–Trinajstić information content (AvgIpc) is 3.02. The number of aromatic nitrogens is 2. The highest BCUT2D eigenvalue weighted by molar-refractivity contribution is 7.91. The van der Waals surface area contributed by atoms with Crippen LogP contribution in [0.4, 0.5) is 9.93 Å². The van der Waals surface area contributed by atoms with Crippen molar-refractivity contribution in [2.24, 2.45) is 0 Å². The molecule has 2 heterocycles. The smallest absolute Gasteiger partial charge is 0.410 e. The Bertz CT molecular complexity index is 768. The van der Waals surface area contributed by atoms with Gasteiger partial charge in [-0.3, -0.25) is 10.1 Å². The van der Waals surface area contributed by atoms with Crippen LogP contribution in [0.3, 0.4) is 0 Å². The van der Waals surface area contributed by atoms with Crippen LogP contribution in [0, 0.1) is 0 Å². The molecule has 13 heteroatoms. The third kappa shape index (κ3) is 5.25. The lowest BCUT2D eigenvalue weighted by Gasteiger charge is -2.34. The van der Waals surface area contributed by atoms with E-state index in [1.54, 1.807) is 20.8 Å². The van der Waals surface area contributed by atoms with Crippen molar-refractivity contribution in [1.82, 2.24) is 19.4 Å². The Labute approximate surface area is 160 Å². The van der Waals surface area contributed by atoms with Gasteiger partial charge in [-0.05, 0) is 20.8 Å². The van der Waals surface area contributed by atoms with E-state index in [0.29, 0.717) is 0 Å². The van der Waals surface area contributed by atoms with Gasteiger partial charge < -0.3 is 9.64 Å². The number of anilines is 1. The quantitative estimate of drug-likeness (QED) is 0.563. The number of sulfonamides is 1. The molecule has 0 bridgehead atoms.